The molecule has 0 spiro atoms. The van der Waals surface area contributed by atoms with Crippen LogP contribution in [0, 0.1) is 11.8 Å². The van der Waals surface area contributed by atoms with E-state index in [-0.39, 0.29) is 6.10 Å². The zero-order valence-electron chi connectivity index (χ0n) is 7.61. The van der Waals surface area contributed by atoms with Crippen LogP contribution in [-0.2, 0) is 6.42 Å². The van der Waals surface area contributed by atoms with E-state index in [0.717, 1.165) is 5.92 Å². The minimum absolute atomic E-state index is 0.177. The zero-order valence-corrected chi connectivity index (χ0v) is 7.61. The Bertz CT molecular complexity index is 332. The van der Waals surface area contributed by atoms with Crippen molar-refractivity contribution in [2.24, 2.45) is 11.8 Å². The van der Waals surface area contributed by atoms with Gasteiger partial charge in [0, 0.05) is 0 Å². The molecule has 1 N–H and O–H groups in total. The van der Waals surface area contributed by atoms with Crippen molar-refractivity contribution in [1.29, 1.82) is 0 Å². The summed E-state index contributed by atoms with van der Waals surface area (Å²) in [6, 6.07) is 8.34. The molecule has 3 rings (SSSR count). The lowest BCUT2D eigenvalue weighted by Crippen LogP contribution is -2.37. The van der Waals surface area contributed by atoms with E-state index in [9.17, 15) is 5.11 Å². The van der Waals surface area contributed by atoms with Crippen LogP contribution < -0.4 is 0 Å². The van der Waals surface area contributed by atoms with Crippen molar-refractivity contribution in [1.82, 2.24) is 0 Å². The van der Waals surface area contributed by atoms with Gasteiger partial charge in [-0.2, -0.15) is 0 Å². The molecule has 1 unspecified atom stereocenters. The van der Waals surface area contributed by atoms with Crippen LogP contribution >= 0.6 is 0 Å². The Kier molecular flexibility index (Phi) is 1.50. The highest BCUT2D eigenvalue weighted by atomic mass is 16.3. The maximum absolute atomic E-state index is 10.1. The molecule has 1 nitrogen and oxygen atoms in total. The zero-order chi connectivity index (χ0) is 8.84. The Morgan fingerprint density at radius 3 is 2.77 bits per heavy atom. The molecule has 1 fully saturated rings. The molecule has 2 aliphatic carbocycles. The van der Waals surface area contributed by atoms with Gasteiger partial charge in [0.05, 0.1) is 6.10 Å². The first-order valence-corrected chi connectivity index (χ1v) is 5.12. The molecule has 3 atom stereocenters. The highest BCUT2D eigenvalue weighted by molar-refractivity contribution is 5.33. The Balaban J connectivity index is 2.06. The number of benzene rings is 1. The van der Waals surface area contributed by atoms with Crippen LogP contribution in [0.1, 0.15) is 30.1 Å². The first kappa shape index (κ1) is 7.57. The van der Waals surface area contributed by atoms with Crippen molar-refractivity contribution >= 4 is 0 Å². The first-order valence-electron chi connectivity index (χ1n) is 5.12. The third-order valence-electron chi connectivity index (χ3n) is 3.74. The molecule has 0 radical (unpaired) electrons. The van der Waals surface area contributed by atoms with Gasteiger partial charge in [-0.1, -0.05) is 24.3 Å². The molecule has 1 aromatic rings. The predicted octanol–water partition coefficient (Wildman–Crippen LogP) is 2.30. The maximum Gasteiger partial charge on any atom is 0.0823 e. The van der Waals surface area contributed by atoms with Gasteiger partial charge in [0.2, 0.25) is 0 Å². The van der Waals surface area contributed by atoms with E-state index in [1.165, 1.54) is 30.4 Å². The van der Waals surface area contributed by atoms with Gasteiger partial charge in [-0.25, -0.2) is 0 Å². The molecule has 0 saturated heterocycles. The molecule has 0 aromatic heterocycles. The highest BCUT2D eigenvalue weighted by Crippen LogP contribution is 2.49. The summed E-state index contributed by atoms with van der Waals surface area (Å²) in [4.78, 5) is 0. The molecular weight excluding hydrogens is 160 g/mol. The Morgan fingerprint density at radius 1 is 1.15 bits per heavy atom. The summed E-state index contributed by atoms with van der Waals surface area (Å²) in [6.45, 7) is 0. The number of aliphatic hydroxyl groups excluding tert-OH is 1. The number of rotatable bonds is 0. The van der Waals surface area contributed by atoms with Crippen LogP contribution in [-0.4, -0.2) is 5.11 Å². The Labute approximate surface area is 78.4 Å². The largest absolute Gasteiger partial charge is 0.388 e. The van der Waals surface area contributed by atoms with E-state index < -0.39 is 0 Å². The lowest BCUT2D eigenvalue weighted by Gasteiger charge is -2.44. The van der Waals surface area contributed by atoms with E-state index in [0.29, 0.717) is 5.92 Å². The number of fused-ring (bicyclic) bond motifs is 2. The van der Waals surface area contributed by atoms with Crippen molar-refractivity contribution in [3.63, 3.8) is 0 Å². The Hall–Kier alpha value is -0.820. The molecule has 0 heterocycles. The second-order valence-electron chi connectivity index (χ2n) is 4.35. The second kappa shape index (κ2) is 2.58. The van der Waals surface area contributed by atoms with Gasteiger partial charge in [-0.05, 0) is 42.2 Å². The fourth-order valence-corrected chi connectivity index (χ4v) is 2.79. The average molecular weight is 174 g/mol. The normalized spacial score (nSPS) is 35.9. The SMILES string of the molecule is OC1c2ccccc2C[C@@H]2CC[C@H]12. The van der Waals surface area contributed by atoms with Gasteiger partial charge < -0.3 is 5.11 Å². The molecule has 68 valence electrons. The fraction of sp³-hybridized carbons (Fsp3) is 0.500. The van der Waals surface area contributed by atoms with Crippen molar-refractivity contribution in [2.75, 3.05) is 0 Å². The lowest BCUT2D eigenvalue weighted by atomic mass is 9.62. The quantitative estimate of drug-likeness (QED) is 0.640. The van der Waals surface area contributed by atoms with Crippen molar-refractivity contribution in [3.8, 4) is 0 Å². The second-order valence-corrected chi connectivity index (χ2v) is 4.35. The average Bonchev–Trinajstić information content (AvgIpc) is 2.11. The van der Waals surface area contributed by atoms with E-state index in [1.807, 2.05) is 6.07 Å². The van der Waals surface area contributed by atoms with E-state index >= 15 is 0 Å². The Morgan fingerprint density at radius 2 is 2.00 bits per heavy atom. The van der Waals surface area contributed by atoms with E-state index in [4.69, 9.17) is 0 Å². The maximum atomic E-state index is 10.1. The summed E-state index contributed by atoms with van der Waals surface area (Å²) in [5.41, 5.74) is 2.56. The minimum Gasteiger partial charge on any atom is -0.388 e. The summed E-state index contributed by atoms with van der Waals surface area (Å²) in [7, 11) is 0. The van der Waals surface area contributed by atoms with Crippen molar-refractivity contribution < 1.29 is 5.11 Å². The smallest absolute Gasteiger partial charge is 0.0823 e. The molecule has 1 aromatic carbocycles. The van der Waals surface area contributed by atoms with Crippen molar-refractivity contribution in [3.05, 3.63) is 35.4 Å². The van der Waals surface area contributed by atoms with E-state index in [2.05, 4.69) is 18.2 Å². The molecule has 1 saturated carbocycles. The number of hydrogen-bond donors (Lipinski definition) is 1. The first-order chi connectivity index (χ1) is 6.36. The fourth-order valence-electron chi connectivity index (χ4n) is 2.79. The van der Waals surface area contributed by atoms with Crippen LogP contribution in [0.4, 0.5) is 0 Å². The molecule has 2 aliphatic rings. The van der Waals surface area contributed by atoms with Crippen LogP contribution in [0.25, 0.3) is 0 Å². The van der Waals surface area contributed by atoms with Crippen LogP contribution in [0.2, 0.25) is 0 Å². The molecule has 0 bridgehead atoms. The van der Waals surface area contributed by atoms with E-state index in [1.54, 1.807) is 0 Å². The summed E-state index contributed by atoms with van der Waals surface area (Å²) < 4.78 is 0. The summed E-state index contributed by atoms with van der Waals surface area (Å²) in [5.74, 6) is 1.33. The lowest BCUT2D eigenvalue weighted by molar-refractivity contribution is -0.000237. The monoisotopic (exact) mass is 174 g/mol. The number of hydrogen-bond acceptors (Lipinski definition) is 1. The number of aliphatic hydroxyl groups is 1. The van der Waals surface area contributed by atoms with Gasteiger partial charge in [-0.3, -0.25) is 0 Å². The molecule has 13 heavy (non-hydrogen) atoms. The van der Waals surface area contributed by atoms with Gasteiger partial charge >= 0.3 is 0 Å². The van der Waals surface area contributed by atoms with Gasteiger partial charge in [-0.15, -0.1) is 0 Å². The summed E-state index contributed by atoms with van der Waals surface area (Å²) >= 11 is 0. The highest BCUT2D eigenvalue weighted by Gasteiger charge is 2.41. The van der Waals surface area contributed by atoms with Crippen LogP contribution in [0.5, 0.6) is 0 Å². The molecule has 0 aliphatic heterocycles. The van der Waals surface area contributed by atoms with Gasteiger partial charge in [0.25, 0.3) is 0 Å². The van der Waals surface area contributed by atoms with Gasteiger partial charge in [0.1, 0.15) is 0 Å². The predicted molar refractivity (Wildman–Crippen MR) is 51.3 cm³/mol. The topological polar surface area (TPSA) is 20.2 Å². The van der Waals surface area contributed by atoms with Crippen molar-refractivity contribution in [2.45, 2.75) is 25.4 Å². The third-order valence-corrected chi connectivity index (χ3v) is 3.74. The minimum atomic E-state index is -0.177. The molecule has 0 amide bonds. The van der Waals surface area contributed by atoms with Gasteiger partial charge in [0.15, 0.2) is 0 Å². The molecule has 1 heteroatoms. The van der Waals surface area contributed by atoms with Crippen LogP contribution in [0.3, 0.4) is 0 Å². The molecular formula is C12H14O. The standard InChI is InChI=1S/C12H14O/c13-12-10-4-2-1-3-8(10)7-9-5-6-11(9)12/h1-4,9,11-13H,5-7H2/t9-,11-,12?/m0/s1. The third kappa shape index (κ3) is 0.969. The summed E-state index contributed by atoms with van der Waals surface area (Å²) in [5, 5.41) is 10.1. The summed E-state index contributed by atoms with van der Waals surface area (Å²) in [6.07, 6.45) is 3.55. The van der Waals surface area contributed by atoms with Crippen LogP contribution in [0.15, 0.2) is 24.3 Å².